The molecule has 17 heavy (non-hydrogen) atoms. The Balaban J connectivity index is 2.86. The zero-order valence-corrected chi connectivity index (χ0v) is 11.7. The van der Waals surface area contributed by atoms with Crippen molar-refractivity contribution in [3.05, 3.63) is 22.2 Å². The Morgan fingerprint density at radius 1 is 1.53 bits per heavy atom. The van der Waals surface area contributed by atoms with Gasteiger partial charge in [0.15, 0.2) is 0 Å². The molecular weight excluding hydrogens is 234 g/mol. The lowest BCUT2D eigenvalue weighted by molar-refractivity contribution is 0.743. The van der Waals surface area contributed by atoms with Gasteiger partial charge in [-0.3, -0.25) is 4.79 Å². The number of aromatic nitrogens is 2. The number of rotatable bonds is 6. The molecule has 0 spiro atoms. The molecule has 1 aromatic heterocycles. The monoisotopic (exact) mass is 255 g/mol. The average Bonchev–Trinajstić information content (AvgIpc) is 2.27. The number of nitrogens with one attached hydrogen (secondary N) is 2. The van der Waals surface area contributed by atoms with E-state index in [1.54, 1.807) is 11.8 Å². The van der Waals surface area contributed by atoms with E-state index in [1.165, 1.54) is 6.07 Å². The van der Waals surface area contributed by atoms with Gasteiger partial charge in [-0.15, -0.1) is 0 Å². The van der Waals surface area contributed by atoms with Crippen molar-refractivity contribution in [1.29, 1.82) is 0 Å². The zero-order valence-electron chi connectivity index (χ0n) is 10.9. The second kappa shape index (κ2) is 6.69. The van der Waals surface area contributed by atoms with Gasteiger partial charge in [-0.25, -0.2) is 4.98 Å². The summed E-state index contributed by atoms with van der Waals surface area (Å²) >= 11 is 1.79. The molecule has 1 atom stereocenters. The van der Waals surface area contributed by atoms with E-state index in [1.807, 2.05) is 13.8 Å². The van der Waals surface area contributed by atoms with E-state index in [4.69, 9.17) is 0 Å². The van der Waals surface area contributed by atoms with Crippen molar-refractivity contribution >= 4 is 17.6 Å². The van der Waals surface area contributed by atoms with Gasteiger partial charge in [0, 0.05) is 23.8 Å². The highest BCUT2D eigenvalue weighted by molar-refractivity contribution is 7.98. The molecule has 1 unspecified atom stereocenters. The minimum atomic E-state index is -0.0924. The van der Waals surface area contributed by atoms with Crippen LogP contribution in [0.3, 0.4) is 0 Å². The molecule has 0 aliphatic heterocycles. The molecule has 0 fully saturated rings. The van der Waals surface area contributed by atoms with Crippen LogP contribution < -0.4 is 10.9 Å². The first-order chi connectivity index (χ1) is 8.06. The first-order valence-electron chi connectivity index (χ1n) is 5.93. The predicted molar refractivity (Wildman–Crippen MR) is 75.0 cm³/mol. The summed E-state index contributed by atoms with van der Waals surface area (Å²) in [7, 11) is 0. The van der Waals surface area contributed by atoms with Crippen molar-refractivity contribution in [1.82, 2.24) is 9.97 Å². The molecule has 0 aliphatic rings. The van der Waals surface area contributed by atoms with Crippen LogP contribution in [0.15, 0.2) is 10.9 Å². The summed E-state index contributed by atoms with van der Waals surface area (Å²) in [4.78, 5) is 18.7. The second-order valence-electron chi connectivity index (χ2n) is 4.38. The van der Waals surface area contributed by atoms with Crippen molar-refractivity contribution in [3.63, 3.8) is 0 Å². The summed E-state index contributed by atoms with van der Waals surface area (Å²) in [6, 6.07) is 1.88. The van der Waals surface area contributed by atoms with Gasteiger partial charge < -0.3 is 10.3 Å². The molecule has 0 aromatic carbocycles. The Morgan fingerprint density at radius 3 is 2.76 bits per heavy atom. The summed E-state index contributed by atoms with van der Waals surface area (Å²) in [6.45, 7) is 6.16. The van der Waals surface area contributed by atoms with Crippen LogP contribution in [0, 0.1) is 0 Å². The lowest BCUT2D eigenvalue weighted by Crippen LogP contribution is -2.24. The molecule has 1 heterocycles. The third-order valence-electron chi connectivity index (χ3n) is 2.52. The minimum absolute atomic E-state index is 0.0924. The van der Waals surface area contributed by atoms with Gasteiger partial charge in [-0.1, -0.05) is 20.8 Å². The quantitative estimate of drug-likeness (QED) is 0.820. The van der Waals surface area contributed by atoms with E-state index < -0.39 is 0 Å². The maximum atomic E-state index is 11.5. The van der Waals surface area contributed by atoms with Crippen molar-refractivity contribution in [2.24, 2.45) is 0 Å². The first-order valence-corrected chi connectivity index (χ1v) is 7.33. The molecule has 4 nitrogen and oxygen atoms in total. The van der Waals surface area contributed by atoms with E-state index in [0.717, 1.165) is 18.0 Å². The number of aromatic amines is 1. The van der Waals surface area contributed by atoms with E-state index in [9.17, 15) is 4.79 Å². The van der Waals surface area contributed by atoms with Gasteiger partial charge in [0.1, 0.15) is 11.6 Å². The van der Waals surface area contributed by atoms with Crippen LogP contribution in [0.1, 0.15) is 38.9 Å². The van der Waals surface area contributed by atoms with Crippen LogP contribution in [-0.4, -0.2) is 28.0 Å². The molecule has 0 radical (unpaired) electrons. The topological polar surface area (TPSA) is 57.8 Å². The summed E-state index contributed by atoms with van der Waals surface area (Å²) in [6.07, 6.45) is 3.10. The van der Waals surface area contributed by atoms with Gasteiger partial charge in [-0.05, 0) is 12.7 Å². The first kappa shape index (κ1) is 14.1. The fraction of sp³-hybridized carbons (Fsp3) is 0.667. The fourth-order valence-corrected chi connectivity index (χ4v) is 2.22. The Kier molecular flexibility index (Phi) is 5.55. The van der Waals surface area contributed by atoms with Crippen molar-refractivity contribution in [3.8, 4) is 0 Å². The minimum Gasteiger partial charge on any atom is -0.366 e. The molecular formula is C12H21N3OS. The Labute approximate surface area is 107 Å². The maximum Gasteiger partial charge on any atom is 0.252 e. The SMILES string of the molecule is CCC(CSC)Nc1cc(=O)[nH]c(C(C)C)n1. The number of hydrogen-bond donors (Lipinski definition) is 2. The molecule has 5 heteroatoms. The van der Waals surface area contributed by atoms with Crippen LogP contribution in [0.5, 0.6) is 0 Å². The highest BCUT2D eigenvalue weighted by Crippen LogP contribution is 2.12. The Morgan fingerprint density at radius 2 is 2.24 bits per heavy atom. The molecule has 96 valence electrons. The largest absolute Gasteiger partial charge is 0.366 e. The highest BCUT2D eigenvalue weighted by atomic mass is 32.2. The second-order valence-corrected chi connectivity index (χ2v) is 5.29. The summed E-state index contributed by atoms with van der Waals surface area (Å²) in [5.74, 6) is 2.66. The molecule has 0 amide bonds. The molecule has 2 N–H and O–H groups in total. The zero-order chi connectivity index (χ0) is 12.8. The number of H-pyrrole nitrogens is 1. The molecule has 0 aliphatic carbocycles. The maximum absolute atomic E-state index is 11.5. The smallest absolute Gasteiger partial charge is 0.252 e. The molecule has 0 saturated carbocycles. The standard InChI is InChI=1S/C12H21N3OS/c1-5-9(7-17-4)13-10-6-11(16)15-12(14-10)8(2)3/h6,8-9H,5,7H2,1-4H3,(H2,13,14,15,16). The summed E-state index contributed by atoms with van der Waals surface area (Å²) in [5.41, 5.74) is -0.0924. The van der Waals surface area contributed by atoms with Crippen LogP contribution in [0.2, 0.25) is 0 Å². The van der Waals surface area contributed by atoms with Gasteiger partial charge >= 0.3 is 0 Å². The third-order valence-corrected chi connectivity index (χ3v) is 3.26. The normalized spacial score (nSPS) is 12.8. The van der Waals surface area contributed by atoms with Crippen molar-refractivity contribution < 1.29 is 0 Å². The summed E-state index contributed by atoms with van der Waals surface area (Å²) in [5, 5.41) is 3.31. The van der Waals surface area contributed by atoms with Crippen LogP contribution in [0.4, 0.5) is 5.82 Å². The lowest BCUT2D eigenvalue weighted by atomic mass is 10.2. The van der Waals surface area contributed by atoms with Crippen LogP contribution in [0.25, 0.3) is 0 Å². The van der Waals surface area contributed by atoms with Gasteiger partial charge in [-0.2, -0.15) is 11.8 Å². The fourth-order valence-electron chi connectivity index (χ4n) is 1.50. The number of anilines is 1. The van der Waals surface area contributed by atoms with Crippen LogP contribution in [-0.2, 0) is 0 Å². The van der Waals surface area contributed by atoms with Crippen molar-refractivity contribution in [2.45, 2.75) is 39.2 Å². The van der Waals surface area contributed by atoms with Gasteiger partial charge in [0.25, 0.3) is 5.56 Å². The van der Waals surface area contributed by atoms with Gasteiger partial charge in [0.05, 0.1) is 0 Å². The van der Waals surface area contributed by atoms with Crippen LogP contribution >= 0.6 is 11.8 Å². The Hall–Kier alpha value is -0.970. The highest BCUT2D eigenvalue weighted by Gasteiger charge is 2.09. The number of nitrogens with zero attached hydrogens (tertiary/aromatic N) is 1. The average molecular weight is 255 g/mol. The predicted octanol–water partition coefficient (Wildman–Crippen LogP) is 2.45. The van der Waals surface area contributed by atoms with E-state index >= 15 is 0 Å². The number of thioether (sulfide) groups is 1. The third kappa shape index (κ3) is 4.42. The van der Waals surface area contributed by atoms with E-state index in [2.05, 4.69) is 28.5 Å². The molecule has 1 aromatic rings. The number of hydrogen-bond acceptors (Lipinski definition) is 4. The van der Waals surface area contributed by atoms with E-state index in [0.29, 0.717) is 11.9 Å². The Bertz CT molecular complexity index is 403. The van der Waals surface area contributed by atoms with Gasteiger partial charge in [0.2, 0.25) is 0 Å². The molecule has 0 bridgehead atoms. The summed E-state index contributed by atoms with van der Waals surface area (Å²) < 4.78 is 0. The van der Waals surface area contributed by atoms with E-state index in [-0.39, 0.29) is 11.5 Å². The molecule has 1 rings (SSSR count). The molecule has 0 saturated heterocycles. The van der Waals surface area contributed by atoms with Crippen molar-refractivity contribution in [2.75, 3.05) is 17.3 Å². The lowest BCUT2D eigenvalue weighted by Gasteiger charge is -2.17.